The van der Waals surface area contributed by atoms with Crippen LogP contribution in [0.25, 0.3) is 22.2 Å². The second-order valence-electron chi connectivity index (χ2n) is 8.29. The highest BCUT2D eigenvalue weighted by atomic mass is 32.2. The van der Waals surface area contributed by atoms with E-state index in [0.29, 0.717) is 24.3 Å². The average molecular weight is 461 g/mol. The van der Waals surface area contributed by atoms with Crippen molar-refractivity contribution in [3.8, 4) is 11.3 Å². The van der Waals surface area contributed by atoms with Gasteiger partial charge < -0.3 is 9.64 Å². The molecule has 0 atom stereocenters. The summed E-state index contributed by atoms with van der Waals surface area (Å²) >= 11 is 0. The zero-order chi connectivity index (χ0) is 23.0. The molecule has 1 fully saturated rings. The molecule has 0 radical (unpaired) electrons. The molecular formula is C22H25FN4O4S. The van der Waals surface area contributed by atoms with E-state index in [0.717, 1.165) is 30.0 Å². The second kappa shape index (κ2) is 8.50. The zero-order valence-electron chi connectivity index (χ0n) is 18.2. The third kappa shape index (κ3) is 4.45. The molecule has 1 saturated heterocycles. The maximum Gasteiger partial charge on any atom is 0.410 e. The number of likely N-dealkylation sites (tertiary alicyclic amines) is 1. The molecule has 2 aromatic heterocycles. The van der Waals surface area contributed by atoms with Gasteiger partial charge in [0.15, 0.2) is 9.84 Å². The van der Waals surface area contributed by atoms with Gasteiger partial charge in [-0.25, -0.2) is 17.6 Å². The Morgan fingerprint density at radius 3 is 2.53 bits per heavy atom. The number of ether oxygens (including phenoxy) is 1. The van der Waals surface area contributed by atoms with Crippen LogP contribution in [-0.2, 0) is 14.6 Å². The van der Waals surface area contributed by atoms with Crippen molar-refractivity contribution < 1.29 is 22.3 Å². The molecule has 0 unspecified atom stereocenters. The molecule has 170 valence electrons. The Labute approximate surface area is 185 Å². The number of benzene rings is 1. The first kappa shape index (κ1) is 22.2. The van der Waals surface area contributed by atoms with Crippen LogP contribution in [0.15, 0.2) is 41.6 Å². The van der Waals surface area contributed by atoms with Crippen molar-refractivity contribution in [2.24, 2.45) is 0 Å². The van der Waals surface area contributed by atoms with Crippen LogP contribution in [-0.4, -0.2) is 59.6 Å². The predicted octanol–water partition coefficient (Wildman–Crippen LogP) is 3.82. The molecule has 0 N–H and O–H groups in total. The summed E-state index contributed by atoms with van der Waals surface area (Å²) in [4.78, 5) is 17.9. The summed E-state index contributed by atoms with van der Waals surface area (Å²) in [5.74, 6) is -0.801. The van der Waals surface area contributed by atoms with E-state index in [2.05, 4.69) is 10.1 Å². The van der Waals surface area contributed by atoms with E-state index in [1.165, 1.54) is 12.1 Å². The largest absolute Gasteiger partial charge is 0.447 e. The predicted molar refractivity (Wildman–Crippen MR) is 117 cm³/mol. The minimum Gasteiger partial charge on any atom is -0.447 e. The van der Waals surface area contributed by atoms with Crippen molar-refractivity contribution in [3.05, 3.63) is 42.5 Å². The lowest BCUT2D eigenvalue weighted by atomic mass is 10.1. The van der Waals surface area contributed by atoms with Gasteiger partial charge in [-0.3, -0.25) is 9.67 Å². The number of fused-ring (bicyclic) bond motifs is 1. The number of rotatable bonds is 4. The maximum atomic E-state index is 14.3. The summed E-state index contributed by atoms with van der Waals surface area (Å²) in [5.41, 5.74) is 1.87. The molecule has 32 heavy (non-hydrogen) atoms. The summed E-state index contributed by atoms with van der Waals surface area (Å²) in [6.07, 6.45) is 5.48. The molecule has 0 aliphatic carbocycles. The van der Waals surface area contributed by atoms with E-state index in [1.54, 1.807) is 23.4 Å². The fourth-order valence-corrected chi connectivity index (χ4v) is 4.65. The number of piperidine rings is 1. The van der Waals surface area contributed by atoms with Crippen LogP contribution >= 0.6 is 0 Å². The van der Waals surface area contributed by atoms with E-state index in [1.807, 2.05) is 24.6 Å². The molecule has 1 aliphatic rings. The second-order valence-corrected chi connectivity index (χ2v) is 10.3. The molecule has 8 nitrogen and oxygen atoms in total. The van der Waals surface area contributed by atoms with E-state index >= 15 is 0 Å². The van der Waals surface area contributed by atoms with Crippen LogP contribution in [0.1, 0.15) is 32.7 Å². The number of amides is 1. The number of nitrogens with zero attached hydrogens (tertiary/aromatic N) is 4. The Bertz CT molecular complexity index is 1260. The van der Waals surface area contributed by atoms with Crippen molar-refractivity contribution in [2.75, 3.05) is 19.3 Å². The summed E-state index contributed by atoms with van der Waals surface area (Å²) < 4.78 is 44.8. The Morgan fingerprint density at radius 1 is 1.19 bits per heavy atom. The Morgan fingerprint density at radius 2 is 1.91 bits per heavy atom. The minimum atomic E-state index is -3.63. The van der Waals surface area contributed by atoms with Crippen LogP contribution in [0, 0.1) is 5.82 Å². The van der Waals surface area contributed by atoms with Gasteiger partial charge in [0.05, 0.1) is 35.8 Å². The monoisotopic (exact) mass is 460 g/mol. The minimum absolute atomic E-state index is 0.134. The molecule has 1 aliphatic heterocycles. The Kier molecular flexibility index (Phi) is 5.89. The molecule has 10 heteroatoms. The highest BCUT2D eigenvalue weighted by Gasteiger charge is 2.26. The van der Waals surface area contributed by atoms with Gasteiger partial charge >= 0.3 is 6.09 Å². The lowest BCUT2D eigenvalue weighted by Crippen LogP contribution is -2.40. The standard InChI is InChI=1S/C22H25FN4O4S/c1-14(2)31-22(28)26-8-6-17(7-9-26)27-20-13-24-19(11-16(20)12-25-27)15-4-5-21(18(23)10-15)32(3,29)30/h4-5,10-14,17H,6-9H2,1-3H3. The maximum absolute atomic E-state index is 14.3. The van der Waals surface area contributed by atoms with Crippen molar-refractivity contribution >= 4 is 26.8 Å². The van der Waals surface area contributed by atoms with E-state index < -0.39 is 15.7 Å². The lowest BCUT2D eigenvalue weighted by molar-refractivity contribution is 0.0656. The number of hydrogen-bond acceptors (Lipinski definition) is 6. The molecular weight excluding hydrogens is 435 g/mol. The van der Waals surface area contributed by atoms with Gasteiger partial charge in [-0.1, -0.05) is 6.07 Å². The SMILES string of the molecule is CC(C)OC(=O)N1CCC(n2ncc3cc(-c4ccc(S(C)(=O)=O)c(F)c4)ncc32)CC1. The highest BCUT2D eigenvalue weighted by molar-refractivity contribution is 7.90. The number of aromatic nitrogens is 3. The zero-order valence-corrected chi connectivity index (χ0v) is 19.0. The van der Waals surface area contributed by atoms with Crippen LogP contribution in [0.2, 0.25) is 0 Å². The fourth-order valence-electron chi connectivity index (χ4n) is 3.92. The fraction of sp³-hybridized carbons (Fsp3) is 0.409. The molecule has 1 aromatic carbocycles. The van der Waals surface area contributed by atoms with Crippen LogP contribution in [0.5, 0.6) is 0 Å². The third-order valence-electron chi connectivity index (χ3n) is 5.51. The van der Waals surface area contributed by atoms with Crippen LogP contribution in [0.3, 0.4) is 0 Å². The molecule has 0 saturated carbocycles. The number of pyridine rings is 1. The average Bonchev–Trinajstić information content (AvgIpc) is 3.15. The summed E-state index contributed by atoms with van der Waals surface area (Å²) in [5, 5.41) is 5.38. The lowest BCUT2D eigenvalue weighted by Gasteiger charge is -2.32. The molecule has 1 amide bonds. The molecule has 0 spiro atoms. The van der Waals surface area contributed by atoms with Crippen molar-refractivity contribution in [1.82, 2.24) is 19.7 Å². The topological polar surface area (TPSA) is 94.4 Å². The normalized spacial score (nSPS) is 15.5. The number of hydrogen-bond donors (Lipinski definition) is 0. The first-order valence-corrected chi connectivity index (χ1v) is 12.3. The van der Waals surface area contributed by atoms with E-state index in [-0.39, 0.29) is 23.1 Å². The number of halogens is 1. The number of carbonyl (C=O) groups excluding carboxylic acids is 1. The Hall–Kier alpha value is -3.01. The third-order valence-corrected chi connectivity index (χ3v) is 6.64. The number of sulfone groups is 1. The molecule has 4 rings (SSSR count). The van der Waals surface area contributed by atoms with Gasteiger partial charge in [0.2, 0.25) is 0 Å². The van der Waals surface area contributed by atoms with Gasteiger partial charge in [-0.05, 0) is 44.9 Å². The summed E-state index contributed by atoms with van der Waals surface area (Å²) in [7, 11) is -3.63. The van der Waals surface area contributed by atoms with Gasteiger partial charge in [-0.2, -0.15) is 5.10 Å². The van der Waals surface area contributed by atoms with Crippen molar-refractivity contribution in [1.29, 1.82) is 0 Å². The van der Waals surface area contributed by atoms with Gasteiger partial charge in [0.25, 0.3) is 0 Å². The van der Waals surface area contributed by atoms with Crippen molar-refractivity contribution in [3.63, 3.8) is 0 Å². The van der Waals surface area contributed by atoms with Crippen molar-refractivity contribution in [2.45, 2.75) is 43.7 Å². The van der Waals surface area contributed by atoms with E-state index in [4.69, 9.17) is 4.74 Å². The van der Waals surface area contributed by atoms with Gasteiger partial charge in [-0.15, -0.1) is 0 Å². The van der Waals surface area contributed by atoms with Crippen LogP contribution in [0.4, 0.5) is 9.18 Å². The number of carbonyl (C=O) groups is 1. The molecule has 3 heterocycles. The highest BCUT2D eigenvalue weighted by Crippen LogP contribution is 2.29. The summed E-state index contributed by atoms with van der Waals surface area (Å²) in [6.45, 7) is 4.84. The van der Waals surface area contributed by atoms with Crippen LogP contribution < -0.4 is 0 Å². The van der Waals surface area contributed by atoms with Gasteiger partial charge in [0, 0.05) is 30.3 Å². The smallest absolute Gasteiger partial charge is 0.410 e. The van der Waals surface area contributed by atoms with E-state index in [9.17, 15) is 17.6 Å². The summed E-state index contributed by atoms with van der Waals surface area (Å²) in [6, 6.07) is 5.93. The Balaban J connectivity index is 1.53. The molecule has 3 aromatic rings. The first-order chi connectivity index (χ1) is 15.1. The molecule has 0 bridgehead atoms. The van der Waals surface area contributed by atoms with Gasteiger partial charge in [0.1, 0.15) is 10.7 Å². The quantitative estimate of drug-likeness (QED) is 0.587. The first-order valence-electron chi connectivity index (χ1n) is 10.4.